The third-order valence-corrected chi connectivity index (χ3v) is 5.17. The summed E-state index contributed by atoms with van der Waals surface area (Å²) < 4.78 is 11.4. The quantitative estimate of drug-likeness (QED) is 0.589. The average molecular weight is 382 g/mol. The van der Waals surface area contributed by atoms with Gasteiger partial charge in [-0.2, -0.15) is 0 Å². The Morgan fingerprint density at radius 3 is 2.57 bits per heavy atom. The van der Waals surface area contributed by atoms with Crippen molar-refractivity contribution in [2.45, 2.75) is 45.1 Å². The molecule has 0 radical (unpaired) electrons. The van der Waals surface area contributed by atoms with Crippen LogP contribution in [0.2, 0.25) is 0 Å². The number of carbonyl (C=O) groups is 1. The zero-order chi connectivity index (χ0) is 19.6. The van der Waals surface area contributed by atoms with Gasteiger partial charge in [0.15, 0.2) is 0 Å². The minimum absolute atomic E-state index is 0.214. The molecular weight excluding hydrogens is 350 g/mol. The zero-order valence-electron chi connectivity index (χ0n) is 16.8. The van der Waals surface area contributed by atoms with E-state index in [1.807, 2.05) is 18.2 Å². The molecule has 3 rings (SSSR count). The van der Waals surface area contributed by atoms with Crippen LogP contribution in [0.5, 0.6) is 5.75 Å². The van der Waals surface area contributed by atoms with Crippen LogP contribution in [-0.4, -0.2) is 43.2 Å². The van der Waals surface area contributed by atoms with E-state index in [4.69, 9.17) is 9.47 Å². The molecule has 2 aromatic rings. The summed E-state index contributed by atoms with van der Waals surface area (Å²) in [6.45, 7) is 5.27. The van der Waals surface area contributed by atoms with Gasteiger partial charge in [-0.05, 0) is 62.5 Å². The Labute approximate surface area is 168 Å². The van der Waals surface area contributed by atoms with Crippen LogP contribution in [0.15, 0.2) is 54.6 Å². The first-order chi connectivity index (χ1) is 13.8. The van der Waals surface area contributed by atoms with E-state index < -0.39 is 0 Å². The second kappa shape index (κ2) is 10.9. The highest BCUT2D eigenvalue weighted by Crippen LogP contribution is 2.18. The van der Waals surface area contributed by atoms with Crippen LogP contribution in [0.1, 0.15) is 48.5 Å². The first-order valence-corrected chi connectivity index (χ1v) is 10.4. The lowest BCUT2D eigenvalue weighted by Crippen LogP contribution is -2.43. The molecule has 0 saturated carbocycles. The van der Waals surface area contributed by atoms with E-state index >= 15 is 0 Å². The van der Waals surface area contributed by atoms with Crippen LogP contribution >= 0.6 is 0 Å². The molecule has 1 saturated heterocycles. The first-order valence-electron chi connectivity index (χ1n) is 10.4. The van der Waals surface area contributed by atoms with Crippen LogP contribution in [0.3, 0.4) is 0 Å². The number of benzene rings is 2. The molecule has 1 heterocycles. The second-order valence-corrected chi connectivity index (χ2v) is 7.41. The van der Waals surface area contributed by atoms with Gasteiger partial charge in [-0.25, -0.2) is 4.79 Å². The van der Waals surface area contributed by atoms with E-state index in [0.29, 0.717) is 24.5 Å². The predicted octanol–water partition coefficient (Wildman–Crippen LogP) is 4.73. The van der Waals surface area contributed by atoms with Crippen molar-refractivity contribution in [2.24, 2.45) is 0 Å². The first kappa shape index (κ1) is 20.4. The molecule has 0 aromatic heterocycles. The lowest BCUT2D eigenvalue weighted by atomic mass is 10.0. The smallest absolute Gasteiger partial charge is 0.338 e. The van der Waals surface area contributed by atoms with Gasteiger partial charge in [0.1, 0.15) is 12.4 Å². The number of hydrogen-bond donors (Lipinski definition) is 0. The Morgan fingerprint density at radius 1 is 1.04 bits per heavy atom. The highest BCUT2D eigenvalue weighted by Gasteiger charge is 2.23. The van der Waals surface area contributed by atoms with Crippen LogP contribution < -0.4 is 4.74 Å². The monoisotopic (exact) mass is 381 g/mol. The van der Waals surface area contributed by atoms with Crippen molar-refractivity contribution in [3.63, 3.8) is 0 Å². The van der Waals surface area contributed by atoms with E-state index in [1.54, 1.807) is 12.1 Å². The molecule has 4 heteroatoms. The largest absolute Gasteiger partial charge is 0.494 e. The highest BCUT2D eigenvalue weighted by atomic mass is 16.5. The standard InChI is InChI=1S/C24H31NO3/c1-2-16-27-23-13-9-12-21(18-23)24(26)28-19-22(25-14-7-4-8-15-25)17-20-10-5-3-6-11-20/h3,5-6,9-13,18,22H,2,4,7-8,14-17,19H2,1H3/t22-/m0/s1. The second-order valence-electron chi connectivity index (χ2n) is 7.41. The van der Waals surface area contributed by atoms with Gasteiger partial charge >= 0.3 is 5.97 Å². The predicted molar refractivity (Wildman–Crippen MR) is 112 cm³/mol. The van der Waals surface area contributed by atoms with Crippen molar-refractivity contribution in [3.05, 3.63) is 65.7 Å². The van der Waals surface area contributed by atoms with Crippen molar-refractivity contribution >= 4 is 5.97 Å². The van der Waals surface area contributed by atoms with Crippen LogP contribution in [0.25, 0.3) is 0 Å². The SMILES string of the molecule is CCCOc1cccc(C(=O)OC[C@H](Cc2ccccc2)N2CCCCC2)c1. The molecule has 0 unspecified atom stereocenters. The number of esters is 1. The van der Waals surface area contributed by atoms with Gasteiger partial charge in [-0.1, -0.05) is 49.7 Å². The number of hydrogen-bond acceptors (Lipinski definition) is 4. The van der Waals surface area contributed by atoms with Crippen molar-refractivity contribution in [1.82, 2.24) is 4.90 Å². The molecule has 150 valence electrons. The molecule has 0 spiro atoms. The molecule has 1 fully saturated rings. The lowest BCUT2D eigenvalue weighted by Gasteiger charge is -2.34. The lowest BCUT2D eigenvalue weighted by molar-refractivity contribution is 0.0320. The van der Waals surface area contributed by atoms with E-state index in [-0.39, 0.29) is 12.0 Å². The van der Waals surface area contributed by atoms with Crippen LogP contribution in [-0.2, 0) is 11.2 Å². The Hall–Kier alpha value is -2.33. The van der Waals surface area contributed by atoms with Gasteiger partial charge in [0, 0.05) is 6.04 Å². The molecular formula is C24H31NO3. The normalized spacial score (nSPS) is 15.8. The van der Waals surface area contributed by atoms with E-state index in [1.165, 1.54) is 24.8 Å². The fourth-order valence-corrected chi connectivity index (χ4v) is 3.65. The van der Waals surface area contributed by atoms with Crippen molar-refractivity contribution in [3.8, 4) is 5.75 Å². The Bertz CT molecular complexity index is 726. The molecule has 2 aromatic carbocycles. The zero-order valence-corrected chi connectivity index (χ0v) is 16.8. The minimum Gasteiger partial charge on any atom is -0.494 e. The minimum atomic E-state index is -0.281. The number of carbonyl (C=O) groups excluding carboxylic acids is 1. The molecule has 1 aliphatic rings. The summed E-state index contributed by atoms with van der Waals surface area (Å²) in [6.07, 6.45) is 5.56. The summed E-state index contributed by atoms with van der Waals surface area (Å²) in [5.41, 5.74) is 1.83. The summed E-state index contributed by atoms with van der Waals surface area (Å²) in [5, 5.41) is 0. The van der Waals surface area contributed by atoms with E-state index in [2.05, 4.69) is 36.1 Å². The molecule has 28 heavy (non-hydrogen) atoms. The number of piperidine rings is 1. The van der Waals surface area contributed by atoms with Crippen LogP contribution in [0.4, 0.5) is 0 Å². The van der Waals surface area contributed by atoms with Gasteiger partial charge in [0.2, 0.25) is 0 Å². The third-order valence-electron chi connectivity index (χ3n) is 5.17. The van der Waals surface area contributed by atoms with Gasteiger partial charge in [0.05, 0.1) is 12.2 Å². The number of likely N-dealkylation sites (tertiary alicyclic amines) is 1. The third kappa shape index (κ3) is 6.10. The molecule has 0 bridgehead atoms. The number of nitrogens with zero attached hydrogens (tertiary/aromatic N) is 1. The van der Waals surface area contributed by atoms with Gasteiger partial charge in [-0.15, -0.1) is 0 Å². The number of rotatable bonds is 9. The van der Waals surface area contributed by atoms with Crippen molar-refractivity contribution in [2.75, 3.05) is 26.3 Å². The summed E-state index contributed by atoms with van der Waals surface area (Å²) in [6, 6.07) is 17.9. The van der Waals surface area contributed by atoms with Crippen molar-refractivity contribution < 1.29 is 14.3 Å². The molecule has 1 atom stereocenters. The van der Waals surface area contributed by atoms with Gasteiger partial charge < -0.3 is 9.47 Å². The Morgan fingerprint density at radius 2 is 1.82 bits per heavy atom. The summed E-state index contributed by atoms with van der Waals surface area (Å²) >= 11 is 0. The van der Waals surface area contributed by atoms with Gasteiger partial charge in [-0.3, -0.25) is 4.90 Å². The Kier molecular flexibility index (Phi) is 7.92. The summed E-state index contributed by atoms with van der Waals surface area (Å²) in [7, 11) is 0. The molecule has 1 aliphatic heterocycles. The Balaban J connectivity index is 1.62. The topological polar surface area (TPSA) is 38.8 Å². The maximum Gasteiger partial charge on any atom is 0.338 e. The average Bonchev–Trinajstić information content (AvgIpc) is 2.76. The highest BCUT2D eigenvalue weighted by molar-refractivity contribution is 5.89. The van der Waals surface area contributed by atoms with Crippen LogP contribution in [0, 0.1) is 0 Å². The van der Waals surface area contributed by atoms with Gasteiger partial charge in [0.25, 0.3) is 0 Å². The fourth-order valence-electron chi connectivity index (χ4n) is 3.65. The maximum absolute atomic E-state index is 12.6. The summed E-state index contributed by atoms with van der Waals surface area (Å²) in [4.78, 5) is 15.1. The molecule has 0 amide bonds. The summed E-state index contributed by atoms with van der Waals surface area (Å²) in [5.74, 6) is 0.435. The molecule has 0 aliphatic carbocycles. The number of ether oxygens (including phenoxy) is 2. The fraction of sp³-hybridized carbons (Fsp3) is 0.458. The molecule has 0 N–H and O–H groups in total. The van der Waals surface area contributed by atoms with E-state index in [9.17, 15) is 4.79 Å². The molecule has 4 nitrogen and oxygen atoms in total. The van der Waals surface area contributed by atoms with E-state index in [0.717, 1.165) is 25.9 Å². The maximum atomic E-state index is 12.6. The van der Waals surface area contributed by atoms with Crippen molar-refractivity contribution in [1.29, 1.82) is 0 Å².